The molecule has 0 atom stereocenters. The van der Waals surface area contributed by atoms with E-state index in [1.165, 1.54) is 10.6 Å². The summed E-state index contributed by atoms with van der Waals surface area (Å²) in [6, 6.07) is 8.15. The van der Waals surface area contributed by atoms with Gasteiger partial charge in [0, 0.05) is 39.1 Å². The van der Waals surface area contributed by atoms with Crippen LogP contribution in [0.1, 0.15) is 50.1 Å². The lowest BCUT2D eigenvalue weighted by atomic mass is 10.2. The molecule has 33 heavy (non-hydrogen) atoms. The number of carbonyl (C=O) groups excluding carboxylic acids is 2. The topological polar surface area (TPSA) is 112 Å². The van der Waals surface area contributed by atoms with Crippen LogP contribution in [0.2, 0.25) is 0 Å². The summed E-state index contributed by atoms with van der Waals surface area (Å²) in [4.78, 5) is 26.9. The van der Waals surface area contributed by atoms with Gasteiger partial charge in [-0.15, -0.1) is 0 Å². The van der Waals surface area contributed by atoms with Crippen LogP contribution in [0.3, 0.4) is 0 Å². The number of nitrogens with one attached hydrogen (secondary N) is 2. The van der Waals surface area contributed by atoms with Crippen LogP contribution in [0.15, 0.2) is 45.9 Å². The van der Waals surface area contributed by atoms with Gasteiger partial charge in [-0.1, -0.05) is 13.8 Å². The van der Waals surface area contributed by atoms with Gasteiger partial charge < -0.3 is 20.0 Å². The first-order chi connectivity index (χ1) is 15.9. The molecule has 2 N–H and O–H groups in total. The number of benzene rings is 1. The predicted molar refractivity (Wildman–Crippen MR) is 127 cm³/mol. The van der Waals surface area contributed by atoms with Gasteiger partial charge in [0.25, 0.3) is 5.91 Å². The van der Waals surface area contributed by atoms with E-state index in [1.54, 1.807) is 44.2 Å². The molecule has 1 aromatic heterocycles. The number of nitrogens with zero attached hydrogens (tertiary/aromatic N) is 2. The van der Waals surface area contributed by atoms with Crippen molar-refractivity contribution in [2.75, 3.05) is 42.9 Å². The van der Waals surface area contributed by atoms with Crippen molar-refractivity contribution < 1.29 is 22.4 Å². The maximum absolute atomic E-state index is 13.0. The van der Waals surface area contributed by atoms with Gasteiger partial charge in [0.2, 0.25) is 15.9 Å². The zero-order valence-corrected chi connectivity index (χ0v) is 20.0. The zero-order valence-electron chi connectivity index (χ0n) is 19.2. The largest absolute Gasteiger partial charge is 0.459 e. The van der Waals surface area contributed by atoms with Gasteiger partial charge in [0.15, 0.2) is 5.76 Å². The van der Waals surface area contributed by atoms with Crippen LogP contribution < -0.4 is 15.5 Å². The third-order valence-corrected chi connectivity index (χ3v) is 7.69. The van der Waals surface area contributed by atoms with Crippen LogP contribution in [-0.2, 0) is 14.8 Å². The molecule has 0 spiro atoms. The summed E-state index contributed by atoms with van der Waals surface area (Å²) in [5, 5.41) is 5.60. The lowest BCUT2D eigenvalue weighted by Gasteiger charge is -2.24. The number of anilines is 2. The number of hydrogen-bond donors (Lipinski definition) is 2. The molecule has 1 aliphatic rings. The van der Waals surface area contributed by atoms with Crippen molar-refractivity contribution in [3.63, 3.8) is 0 Å². The molecule has 2 aromatic rings. The minimum Gasteiger partial charge on any atom is -0.459 e. The molecule has 1 fully saturated rings. The molecule has 180 valence electrons. The SMILES string of the molecule is CCN(CC)S(=O)(=O)c1ccc(N2CCCC2)c(NC(=O)CCCNC(=O)c2ccco2)c1. The fourth-order valence-corrected chi connectivity index (χ4v) is 5.37. The number of carbonyl (C=O) groups is 2. The van der Waals surface area contributed by atoms with Crippen molar-refractivity contribution in [2.24, 2.45) is 0 Å². The monoisotopic (exact) mass is 476 g/mol. The van der Waals surface area contributed by atoms with Crippen molar-refractivity contribution in [3.8, 4) is 0 Å². The minimum atomic E-state index is -3.64. The Labute approximate surface area is 195 Å². The fraction of sp³-hybridized carbons (Fsp3) is 0.478. The fourth-order valence-electron chi connectivity index (χ4n) is 3.88. The molecule has 0 unspecified atom stereocenters. The van der Waals surface area contributed by atoms with Gasteiger partial charge in [0.05, 0.1) is 22.5 Å². The summed E-state index contributed by atoms with van der Waals surface area (Å²) >= 11 is 0. The van der Waals surface area contributed by atoms with Gasteiger partial charge in [-0.3, -0.25) is 9.59 Å². The van der Waals surface area contributed by atoms with Gasteiger partial charge in [-0.25, -0.2) is 8.42 Å². The highest BCUT2D eigenvalue weighted by atomic mass is 32.2. The summed E-state index contributed by atoms with van der Waals surface area (Å²) < 4.78 is 32.4. The van der Waals surface area contributed by atoms with E-state index in [0.717, 1.165) is 31.6 Å². The molecule has 0 saturated carbocycles. The Hall–Kier alpha value is -2.85. The van der Waals surface area contributed by atoms with E-state index in [-0.39, 0.29) is 28.9 Å². The Balaban J connectivity index is 1.68. The first-order valence-electron chi connectivity index (χ1n) is 11.4. The van der Waals surface area contributed by atoms with Crippen molar-refractivity contribution in [3.05, 3.63) is 42.4 Å². The quantitative estimate of drug-likeness (QED) is 0.482. The summed E-state index contributed by atoms with van der Waals surface area (Å²) in [6.07, 6.45) is 4.17. The summed E-state index contributed by atoms with van der Waals surface area (Å²) in [5.41, 5.74) is 1.32. The van der Waals surface area contributed by atoms with Crippen LogP contribution in [0.5, 0.6) is 0 Å². The molecule has 2 heterocycles. The molecule has 1 aromatic carbocycles. The number of hydrogen-bond acceptors (Lipinski definition) is 6. The molecule has 1 aliphatic heterocycles. The van der Waals surface area contributed by atoms with Gasteiger partial charge in [-0.2, -0.15) is 4.31 Å². The highest BCUT2D eigenvalue weighted by molar-refractivity contribution is 7.89. The van der Waals surface area contributed by atoms with E-state index in [2.05, 4.69) is 15.5 Å². The third-order valence-electron chi connectivity index (χ3n) is 5.64. The standard InChI is InChI=1S/C23H32N4O5S/c1-3-27(4-2)33(30,31)18-11-12-20(26-14-5-6-15-26)19(17-18)25-22(28)10-7-13-24-23(29)21-9-8-16-32-21/h8-9,11-12,16-17H,3-7,10,13-15H2,1-2H3,(H,24,29)(H,25,28). The van der Waals surface area contributed by atoms with Gasteiger partial charge >= 0.3 is 0 Å². The van der Waals surface area contributed by atoms with Crippen molar-refractivity contribution in [1.82, 2.24) is 9.62 Å². The molecule has 0 radical (unpaired) electrons. The van der Waals surface area contributed by atoms with E-state index in [1.807, 2.05) is 0 Å². The average Bonchev–Trinajstić information content (AvgIpc) is 3.52. The van der Waals surface area contributed by atoms with Crippen molar-refractivity contribution >= 4 is 33.2 Å². The lowest BCUT2D eigenvalue weighted by Crippen LogP contribution is -2.31. The van der Waals surface area contributed by atoms with Crippen LogP contribution in [0, 0.1) is 0 Å². The molecular formula is C23H32N4O5S. The number of rotatable bonds is 11. The Kier molecular flexibility index (Phi) is 8.51. The van der Waals surface area contributed by atoms with Gasteiger partial charge in [0.1, 0.15) is 0 Å². The van der Waals surface area contributed by atoms with Crippen LogP contribution in [0.4, 0.5) is 11.4 Å². The van der Waals surface area contributed by atoms with E-state index >= 15 is 0 Å². The summed E-state index contributed by atoms with van der Waals surface area (Å²) in [6.45, 7) is 6.40. The van der Waals surface area contributed by atoms with E-state index in [4.69, 9.17) is 4.42 Å². The molecule has 0 bridgehead atoms. The second-order valence-corrected chi connectivity index (χ2v) is 9.79. The van der Waals surface area contributed by atoms with Crippen LogP contribution in [0.25, 0.3) is 0 Å². The lowest BCUT2D eigenvalue weighted by molar-refractivity contribution is -0.116. The second kappa shape index (κ2) is 11.3. The molecule has 9 nitrogen and oxygen atoms in total. The average molecular weight is 477 g/mol. The maximum atomic E-state index is 13.0. The third kappa shape index (κ3) is 6.14. The highest BCUT2D eigenvalue weighted by Gasteiger charge is 2.25. The van der Waals surface area contributed by atoms with Crippen LogP contribution >= 0.6 is 0 Å². The summed E-state index contributed by atoms with van der Waals surface area (Å²) in [7, 11) is -3.64. The van der Waals surface area contributed by atoms with E-state index < -0.39 is 10.0 Å². The van der Waals surface area contributed by atoms with Crippen LogP contribution in [-0.4, -0.2) is 57.3 Å². The molecule has 10 heteroatoms. The minimum absolute atomic E-state index is 0.162. The number of sulfonamides is 1. The van der Waals surface area contributed by atoms with Crippen molar-refractivity contribution in [1.29, 1.82) is 0 Å². The Bertz CT molecular complexity index is 1040. The smallest absolute Gasteiger partial charge is 0.286 e. The Morgan fingerprint density at radius 2 is 1.85 bits per heavy atom. The maximum Gasteiger partial charge on any atom is 0.286 e. The van der Waals surface area contributed by atoms with E-state index in [9.17, 15) is 18.0 Å². The molecule has 2 amide bonds. The summed E-state index contributed by atoms with van der Waals surface area (Å²) in [5.74, 6) is -0.341. The second-order valence-electron chi connectivity index (χ2n) is 7.85. The molecule has 0 aliphatic carbocycles. The first-order valence-corrected chi connectivity index (χ1v) is 12.8. The van der Waals surface area contributed by atoms with Crippen molar-refractivity contribution in [2.45, 2.75) is 44.4 Å². The van der Waals surface area contributed by atoms with Gasteiger partial charge in [-0.05, 0) is 49.6 Å². The predicted octanol–water partition coefficient (Wildman–Crippen LogP) is 3.06. The highest BCUT2D eigenvalue weighted by Crippen LogP contribution is 2.32. The number of furan rings is 1. The van der Waals surface area contributed by atoms with E-state index in [0.29, 0.717) is 31.7 Å². The zero-order chi connectivity index (χ0) is 23.8. The Morgan fingerprint density at radius 3 is 2.48 bits per heavy atom. The molecule has 3 rings (SSSR count). The molecule has 1 saturated heterocycles. The normalized spacial score (nSPS) is 14.0. The molecular weight excluding hydrogens is 444 g/mol. The first kappa shape index (κ1) is 24.8. The number of amides is 2. The Morgan fingerprint density at radius 1 is 1.12 bits per heavy atom.